The quantitative estimate of drug-likeness (QED) is 0.875. The summed E-state index contributed by atoms with van der Waals surface area (Å²) in [5.74, 6) is -1.19. The van der Waals surface area contributed by atoms with Crippen LogP contribution in [0.15, 0.2) is 30.3 Å². The van der Waals surface area contributed by atoms with Crippen LogP contribution in [0.3, 0.4) is 0 Å². The van der Waals surface area contributed by atoms with Crippen molar-refractivity contribution in [1.82, 2.24) is 10.2 Å². The SMILES string of the molecule is N#C[C@@H]1CN(C(=O)NCCC(=O)O)C[C@H]1c1ccccc1. The molecule has 2 rings (SSSR count). The number of carbonyl (C=O) groups excluding carboxylic acids is 1. The van der Waals surface area contributed by atoms with E-state index in [4.69, 9.17) is 5.11 Å². The van der Waals surface area contributed by atoms with E-state index in [1.807, 2.05) is 30.3 Å². The summed E-state index contributed by atoms with van der Waals surface area (Å²) in [5.41, 5.74) is 1.05. The lowest BCUT2D eigenvalue weighted by atomic mass is 9.90. The fourth-order valence-corrected chi connectivity index (χ4v) is 2.53. The highest BCUT2D eigenvalue weighted by molar-refractivity contribution is 5.75. The largest absolute Gasteiger partial charge is 0.481 e. The second-order valence-electron chi connectivity index (χ2n) is 5.03. The number of carboxylic acids is 1. The van der Waals surface area contributed by atoms with Gasteiger partial charge in [-0.25, -0.2) is 4.79 Å². The number of hydrogen-bond donors (Lipinski definition) is 2. The van der Waals surface area contributed by atoms with Gasteiger partial charge in [-0.2, -0.15) is 5.26 Å². The molecule has 2 amide bonds. The summed E-state index contributed by atoms with van der Waals surface area (Å²) in [5, 5.41) is 20.4. The summed E-state index contributed by atoms with van der Waals surface area (Å²) in [6, 6.07) is 11.6. The van der Waals surface area contributed by atoms with Crippen molar-refractivity contribution < 1.29 is 14.7 Å². The molecule has 1 saturated heterocycles. The predicted octanol–water partition coefficient (Wildman–Crippen LogP) is 1.41. The molecule has 0 saturated carbocycles. The third-order valence-corrected chi connectivity index (χ3v) is 3.62. The Bertz CT molecular complexity index is 553. The molecule has 0 radical (unpaired) electrons. The second-order valence-corrected chi connectivity index (χ2v) is 5.03. The molecule has 110 valence electrons. The smallest absolute Gasteiger partial charge is 0.317 e. The molecule has 1 aliphatic heterocycles. The maximum Gasteiger partial charge on any atom is 0.317 e. The number of nitrogens with zero attached hydrogens (tertiary/aromatic N) is 2. The molecule has 2 atom stereocenters. The Morgan fingerprint density at radius 3 is 2.67 bits per heavy atom. The molecule has 1 aromatic carbocycles. The van der Waals surface area contributed by atoms with Crippen LogP contribution in [0, 0.1) is 17.2 Å². The number of likely N-dealkylation sites (tertiary alicyclic amines) is 1. The molecule has 6 heteroatoms. The van der Waals surface area contributed by atoms with E-state index in [1.165, 1.54) is 0 Å². The molecule has 1 aliphatic rings. The monoisotopic (exact) mass is 287 g/mol. The number of nitrogens with one attached hydrogen (secondary N) is 1. The first-order valence-electron chi connectivity index (χ1n) is 6.81. The summed E-state index contributed by atoms with van der Waals surface area (Å²) in [4.78, 5) is 24.0. The number of hydrogen-bond acceptors (Lipinski definition) is 3. The Labute approximate surface area is 123 Å². The van der Waals surface area contributed by atoms with Crippen LogP contribution in [0.25, 0.3) is 0 Å². The van der Waals surface area contributed by atoms with Crippen molar-refractivity contribution >= 4 is 12.0 Å². The van der Waals surface area contributed by atoms with E-state index in [0.29, 0.717) is 13.1 Å². The summed E-state index contributed by atoms with van der Waals surface area (Å²) in [7, 11) is 0. The van der Waals surface area contributed by atoms with Crippen molar-refractivity contribution in [3.63, 3.8) is 0 Å². The van der Waals surface area contributed by atoms with Gasteiger partial charge in [-0.1, -0.05) is 30.3 Å². The topological polar surface area (TPSA) is 93.4 Å². The minimum Gasteiger partial charge on any atom is -0.481 e. The first kappa shape index (κ1) is 14.9. The number of rotatable bonds is 4. The van der Waals surface area contributed by atoms with Gasteiger partial charge in [0.25, 0.3) is 0 Å². The number of carbonyl (C=O) groups is 2. The number of amides is 2. The van der Waals surface area contributed by atoms with Gasteiger partial charge in [0.15, 0.2) is 0 Å². The van der Waals surface area contributed by atoms with Crippen LogP contribution in [0.5, 0.6) is 0 Å². The van der Waals surface area contributed by atoms with Gasteiger partial charge in [0, 0.05) is 25.6 Å². The summed E-state index contributed by atoms with van der Waals surface area (Å²) < 4.78 is 0. The van der Waals surface area contributed by atoms with Crippen molar-refractivity contribution in [2.75, 3.05) is 19.6 Å². The van der Waals surface area contributed by atoms with Crippen LogP contribution < -0.4 is 5.32 Å². The minimum atomic E-state index is -0.950. The Morgan fingerprint density at radius 2 is 2.05 bits per heavy atom. The number of carboxylic acid groups (broad SMARTS) is 1. The van der Waals surface area contributed by atoms with Crippen molar-refractivity contribution in [1.29, 1.82) is 5.26 Å². The van der Waals surface area contributed by atoms with Gasteiger partial charge in [0.2, 0.25) is 0 Å². The predicted molar refractivity (Wildman–Crippen MR) is 75.5 cm³/mol. The van der Waals surface area contributed by atoms with E-state index < -0.39 is 5.97 Å². The highest BCUT2D eigenvalue weighted by Gasteiger charge is 2.36. The third kappa shape index (κ3) is 3.72. The van der Waals surface area contributed by atoms with Gasteiger partial charge in [0.05, 0.1) is 18.4 Å². The molecule has 0 bridgehead atoms. The third-order valence-electron chi connectivity index (χ3n) is 3.62. The van der Waals surface area contributed by atoms with E-state index in [-0.39, 0.29) is 30.8 Å². The first-order valence-corrected chi connectivity index (χ1v) is 6.81. The minimum absolute atomic E-state index is 0.00132. The second kappa shape index (κ2) is 6.75. The van der Waals surface area contributed by atoms with Crippen LogP contribution in [0.1, 0.15) is 17.9 Å². The highest BCUT2D eigenvalue weighted by atomic mass is 16.4. The fraction of sp³-hybridized carbons (Fsp3) is 0.400. The van der Waals surface area contributed by atoms with Crippen LogP contribution in [0.2, 0.25) is 0 Å². The lowest BCUT2D eigenvalue weighted by Crippen LogP contribution is -2.39. The average Bonchev–Trinajstić information content (AvgIpc) is 2.92. The Balaban J connectivity index is 1.97. The van der Waals surface area contributed by atoms with Crippen molar-refractivity contribution in [3.8, 4) is 6.07 Å². The van der Waals surface area contributed by atoms with Gasteiger partial charge >= 0.3 is 12.0 Å². The van der Waals surface area contributed by atoms with Crippen molar-refractivity contribution in [2.45, 2.75) is 12.3 Å². The Kier molecular flexibility index (Phi) is 4.77. The lowest BCUT2D eigenvalue weighted by molar-refractivity contribution is -0.136. The van der Waals surface area contributed by atoms with Crippen molar-refractivity contribution in [2.24, 2.45) is 5.92 Å². The van der Waals surface area contributed by atoms with E-state index in [2.05, 4.69) is 11.4 Å². The number of urea groups is 1. The van der Waals surface area contributed by atoms with Gasteiger partial charge < -0.3 is 15.3 Å². The molecule has 21 heavy (non-hydrogen) atoms. The van der Waals surface area contributed by atoms with Crippen LogP contribution in [0.4, 0.5) is 4.79 Å². The molecule has 0 aromatic heterocycles. The normalized spacial score (nSPS) is 20.8. The fourth-order valence-electron chi connectivity index (χ4n) is 2.53. The zero-order chi connectivity index (χ0) is 15.2. The molecular formula is C15H17N3O3. The van der Waals surface area contributed by atoms with Crippen LogP contribution in [-0.2, 0) is 4.79 Å². The molecule has 6 nitrogen and oxygen atoms in total. The van der Waals surface area contributed by atoms with Gasteiger partial charge in [-0.05, 0) is 5.56 Å². The molecule has 1 aromatic rings. The molecule has 1 heterocycles. The van der Waals surface area contributed by atoms with E-state index >= 15 is 0 Å². The van der Waals surface area contributed by atoms with E-state index in [9.17, 15) is 14.9 Å². The summed E-state index contributed by atoms with van der Waals surface area (Å²) in [6.45, 7) is 0.938. The van der Waals surface area contributed by atoms with Crippen LogP contribution in [-0.4, -0.2) is 41.6 Å². The van der Waals surface area contributed by atoms with Gasteiger partial charge in [-0.15, -0.1) is 0 Å². The average molecular weight is 287 g/mol. The Morgan fingerprint density at radius 1 is 1.33 bits per heavy atom. The van der Waals surface area contributed by atoms with Gasteiger partial charge in [0.1, 0.15) is 0 Å². The molecule has 0 unspecified atom stereocenters. The van der Waals surface area contributed by atoms with E-state index in [0.717, 1.165) is 5.56 Å². The molecular weight excluding hydrogens is 270 g/mol. The lowest BCUT2D eigenvalue weighted by Gasteiger charge is -2.17. The maximum absolute atomic E-state index is 12.0. The molecule has 0 aliphatic carbocycles. The van der Waals surface area contributed by atoms with E-state index in [1.54, 1.807) is 4.90 Å². The summed E-state index contributed by atoms with van der Waals surface area (Å²) in [6.07, 6.45) is -0.108. The number of benzene rings is 1. The molecule has 0 spiro atoms. The number of aliphatic carboxylic acids is 1. The van der Waals surface area contributed by atoms with Gasteiger partial charge in [-0.3, -0.25) is 4.79 Å². The summed E-state index contributed by atoms with van der Waals surface area (Å²) >= 11 is 0. The zero-order valence-corrected chi connectivity index (χ0v) is 11.5. The number of nitriles is 1. The standard InChI is InChI=1S/C15H17N3O3/c16-8-12-9-18(15(21)17-7-6-14(19)20)10-13(12)11-4-2-1-3-5-11/h1-5,12-13H,6-7,9-10H2,(H,17,21)(H,19,20)/t12-,13+/m1/s1. The van der Waals surface area contributed by atoms with Crippen molar-refractivity contribution in [3.05, 3.63) is 35.9 Å². The first-order chi connectivity index (χ1) is 10.1. The zero-order valence-electron chi connectivity index (χ0n) is 11.5. The highest BCUT2D eigenvalue weighted by Crippen LogP contribution is 2.32. The molecule has 1 fully saturated rings. The molecule has 2 N–H and O–H groups in total. The van der Waals surface area contributed by atoms with Crippen LogP contribution >= 0.6 is 0 Å². The maximum atomic E-state index is 12.0. The Hall–Kier alpha value is -2.55.